The van der Waals surface area contributed by atoms with Crippen LogP contribution in [0.15, 0.2) is 83.3 Å². The van der Waals surface area contributed by atoms with Gasteiger partial charge in [-0.3, -0.25) is 28.7 Å². The van der Waals surface area contributed by atoms with Gasteiger partial charge in [-0.05, 0) is 93.6 Å². The minimum atomic E-state index is -0.995. The molecule has 2 aliphatic heterocycles. The molecule has 3 aromatic carbocycles. The third-order valence-electron chi connectivity index (χ3n) is 14.1. The molecule has 0 aliphatic carbocycles. The topological polar surface area (TPSA) is 224 Å². The monoisotopic (exact) mass is 1130 g/mol. The summed E-state index contributed by atoms with van der Waals surface area (Å²) < 4.78 is 19.3. The fourth-order valence-corrected chi connectivity index (χ4v) is 11.9. The van der Waals surface area contributed by atoms with E-state index in [1.807, 2.05) is 124 Å². The zero-order valence-corrected chi connectivity index (χ0v) is 48.6. The van der Waals surface area contributed by atoms with Crippen LogP contribution in [0.4, 0.5) is 0 Å². The lowest BCUT2D eigenvalue weighted by Crippen LogP contribution is -2.58. The number of thiophene rings is 1. The summed E-state index contributed by atoms with van der Waals surface area (Å²) >= 11 is 9.51. The van der Waals surface area contributed by atoms with Crippen LogP contribution in [0.1, 0.15) is 115 Å². The van der Waals surface area contributed by atoms with Gasteiger partial charge < -0.3 is 45.5 Å². The Bertz CT molecular complexity index is 3120. The van der Waals surface area contributed by atoms with E-state index in [1.165, 1.54) is 9.78 Å². The van der Waals surface area contributed by atoms with Gasteiger partial charge >= 0.3 is 0 Å². The lowest BCUT2D eigenvalue weighted by atomic mass is 9.85. The lowest BCUT2D eigenvalue weighted by Gasteiger charge is -2.35. The van der Waals surface area contributed by atoms with Gasteiger partial charge in [-0.25, -0.2) is 4.98 Å². The molecule has 79 heavy (non-hydrogen) atoms. The van der Waals surface area contributed by atoms with Gasteiger partial charge in [-0.1, -0.05) is 80.9 Å². The number of amides is 4. The number of halogens is 1. The Kier molecular flexibility index (Phi) is 19.5. The molecule has 0 spiro atoms. The number of nitrogens with one attached hydrogen (secondary N) is 4. The zero-order valence-electron chi connectivity index (χ0n) is 46.2. The van der Waals surface area contributed by atoms with Gasteiger partial charge in [0.25, 0.3) is 0 Å². The van der Waals surface area contributed by atoms with Crippen molar-refractivity contribution < 1.29 is 38.5 Å². The summed E-state index contributed by atoms with van der Waals surface area (Å²) in [7, 11) is 1.80. The van der Waals surface area contributed by atoms with Gasteiger partial charge in [0.05, 0.1) is 66.2 Å². The van der Waals surface area contributed by atoms with Crippen molar-refractivity contribution in [2.45, 2.75) is 111 Å². The molecule has 6 atom stereocenters. The molecule has 1 fully saturated rings. The van der Waals surface area contributed by atoms with Crippen molar-refractivity contribution >= 4 is 63.6 Å². The summed E-state index contributed by atoms with van der Waals surface area (Å²) in [6.07, 6.45) is -0.161. The van der Waals surface area contributed by atoms with E-state index in [-0.39, 0.29) is 57.1 Å². The van der Waals surface area contributed by atoms with Crippen molar-refractivity contribution in [3.63, 3.8) is 0 Å². The van der Waals surface area contributed by atoms with E-state index >= 15 is 0 Å². The average Bonchev–Trinajstić information content (AvgIpc) is 4.20. The molecule has 0 saturated carbocycles. The first-order valence-corrected chi connectivity index (χ1v) is 28.7. The molecule has 0 bridgehead atoms. The van der Waals surface area contributed by atoms with E-state index in [0.29, 0.717) is 42.8 Å². The van der Waals surface area contributed by atoms with Crippen LogP contribution >= 0.6 is 34.3 Å². The molecule has 5 heterocycles. The summed E-state index contributed by atoms with van der Waals surface area (Å²) in [6.45, 7) is 16.8. The number of fused-ring (bicyclic) bond motifs is 3. The molecule has 18 nitrogen and oxygen atoms in total. The number of carbonyl (C=O) groups excluding carboxylic acids is 4. The number of rotatable bonds is 23. The van der Waals surface area contributed by atoms with Gasteiger partial charge in [0.2, 0.25) is 23.6 Å². The highest BCUT2D eigenvalue weighted by molar-refractivity contribution is 7.15. The first kappa shape index (κ1) is 58.8. The van der Waals surface area contributed by atoms with Crippen molar-refractivity contribution in [1.29, 1.82) is 0 Å². The predicted octanol–water partition coefficient (Wildman–Crippen LogP) is 7.87. The Morgan fingerprint density at radius 1 is 0.848 bits per heavy atom. The van der Waals surface area contributed by atoms with Gasteiger partial charge in [0, 0.05) is 53.6 Å². The fraction of sp³-hybridized carbons (Fsp3) is 0.448. The third kappa shape index (κ3) is 14.3. The third-order valence-corrected chi connectivity index (χ3v) is 16.6. The molecule has 1 saturated heterocycles. The first-order chi connectivity index (χ1) is 37.8. The molecule has 8 rings (SSSR count). The maximum atomic E-state index is 14.2. The number of hydrogen-bond acceptors (Lipinski definition) is 15. The van der Waals surface area contributed by atoms with E-state index in [9.17, 15) is 24.3 Å². The number of aliphatic imine (C=N–C) groups is 1. The SMILES string of the molecule is CNC[C@@H](NC(=O)[C@@H]1C[C@@H](O)CN1C(=O)C(NC(=O)COCCOCCCOc1ccc([C@H](C)NC(=O)C[C@@H]2N=C(c3ccc(Cl)cc3)c3c(sc(C)c3C)-n3c(C)nnc32)cc1)C(C)(C)C)c1ccc(-c2scnc2C)cc1. The molecular weight excluding hydrogens is 1060 g/mol. The van der Waals surface area contributed by atoms with Crippen molar-refractivity contribution in [2.24, 2.45) is 10.4 Å². The number of likely N-dealkylation sites (N-methyl/N-ethyl adjacent to an activating group) is 1. The van der Waals surface area contributed by atoms with E-state index in [4.69, 9.17) is 30.8 Å². The van der Waals surface area contributed by atoms with Crippen molar-refractivity contribution in [3.8, 4) is 21.2 Å². The van der Waals surface area contributed by atoms with Crippen LogP contribution < -0.4 is 26.0 Å². The second kappa shape index (κ2) is 26.3. The van der Waals surface area contributed by atoms with Crippen molar-refractivity contribution in [2.75, 3.05) is 53.2 Å². The van der Waals surface area contributed by atoms with Crippen LogP contribution in [0.2, 0.25) is 5.02 Å². The molecule has 6 aromatic rings. The Morgan fingerprint density at radius 3 is 2.23 bits per heavy atom. The molecular formula is C58H71ClN10O8S2. The number of aliphatic hydroxyl groups is 1. The minimum Gasteiger partial charge on any atom is -0.494 e. The molecule has 21 heteroatoms. The first-order valence-electron chi connectivity index (χ1n) is 26.6. The second-order valence-electron chi connectivity index (χ2n) is 21.1. The summed E-state index contributed by atoms with van der Waals surface area (Å²) in [4.78, 5) is 68.3. The highest BCUT2D eigenvalue weighted by atomic mass is 35.5. The Morgan fingerprint density at radius 2 is 1.54 bits per heavy atom. The van der Waals surface area contributed by atoms with Crippen LogP contribution in [-0.4, -0.2) is 130 Å². The number of carbonyl (C=O) groups is 4. The Hall–Kier alpha value is -6.39. The summed E-state index contributed by atoms with van der Waals surface area (Å²) in [5.41, 5.74) is 8.69. The predicted molar refractivity (Wildman–Crippen MR) is 307 cm³/mol. The Labute approximate surface area is 474 Å². The molecule has 5 N–H and O–H groups in total. The standard InChI is InChI=1S/C58H71ClN10O8S2/c1-33-36(4)79-57-50(33)51(40-15-19-42(59)20-16-40)63-45(54-67-66-37(5)69(54)57)28-48(71)62-34(2)38-17-21-44(22-18-38)77-24-10-23-75-25-26-76-31-49(72)65-53(58(6,7)8)56(74)68-30-43(70)27-47(68)55(73)64-46(29-60-9)39-11-13-41(14-12-39)52-35(3)61-32-78-52/h11-22,32,34,43,45-47,53,60,70H,10,23-31H2,1-9H3,(H,62,71)(H,64,73)(H,65,72)/t34-,43+,45-,46+,47-,53?/m0/s1. The molecule has 2 aliphatic rings. The summed E-state index contributed by atoms with van der Waals surface area (Å²) in [6, 6.07) is 19.9. The molecule has 1 unspecified atom stereocenters. The van der Waals surface area contributed by atoms with E-state index in [1.54, 1.807) is 29.7 Å². The number of aryl methyl sites for hydroxylation is 3. The average molecular weight is 1140 g/mol. The van der Waals surface area contributed by atoms with Gasteiger partial charge in [0.15, 0.2) is 5.82 Å². The second-order valence-corrected chi connectivity index (χ2v) is 23.6. The largest absolute Gasteiger partial charge is 0.494 e. The molecule has 420 valence electrons. The number of likely N-dealkylation sites (tertiary alicyclic amines) is 1. The fourth-order valence-electron chi connectivity index (χ4n) is 9.77. The summed E-state index contributed by atoms with van der Waals surface area (Å²) in [5.74, 6) is 0.504. The maximum Gasteiger partial charge on any atom is 0.246 e. The van der Waals surface area contributed by atoms with Crippen LogP contribution in [0.25, 0.3) is 15.4 Å². The lowest BCUT2D eigenvalue weighted by molar-refractivity contribution is -0.144. The zero-order chi connectivity index (χ0) is 56.5. The van der Waals surface area contributed by atoms with Crippen molar-refractivity contribution in [1.82, 2.24) is 45.9 Å². The smallest absolute Gasteiger partial charge is 0.246 e. The molecule has 3 aromatic heterocycles. The van der Waals surface area contributed by atoms with Gasteiger partial charge in [-0.15, -0.1) is 32.9 Å². The van der Waals surface area contributed by atoms with Crippen molar-refractivity contribution in [3.05, 3.63) is 133 Å². The molecule has 0 radical (unpaired) electrons. The summed E-state index contributed by atoms with van der Waals surface area (Å²) in [5, 5.41) is 33.5. The number of aromatic nitrogens is 4. The van der Waals surface area contributed by atoms with Crippen LogP contribution in [0, 0.1) is 33.1 Å². The van der Waals surface area contributed by atoms with E-state index in [2.05, 4.69) is 50.3 Å². The normalized spacial score (nSPS) is 17.2. The van der Waals surface area contributed by atoms with Gasteiger partial charge in [0.1, 0.15) is 41.3 Å². The van der Waals surface area contributed by atoms with Crippen LogP contribution in [-0.2, 0) is 28.7 Å². The number of hydrogen-bond donors (Lipinski definition) is 5. The number of ether oxygens (including phenoxy) is 3. The maximum absolute atomic E-state index is 14.2. The van der Waals surface area contributed by atoms with Crippen LogP contribution in [0.5, 0.6) is 5.75 Å². The quantitative estimate of drug-likeness (QED) is 0.0387. The highest BCUT2D eigenvalue weighted by Gasteiger charge is 2.45. The van der Waals surface area contributed by atoms with E-state index < -0.39 is 47.5 Å². The number of β-amino-alcohol motifs (C(OH)–C–C–N with tert-alkyl or cyclic N) is 1. The number of nitrogens with zero attached hydrogens (tertiary/aromatic N) is 6. The number of benzene rings is 3. The minimum absolute atomic E-state index is 0.0401. The van der Waals surface area contributed by atoms with Crippen LogP contribution in [0.3, 0.4) is 0 Å². The Balaban J connectivity index is 0.747. The van der Waals surface area contributed by atoms with Gasteiger partial charge in [-0.2, -0.15) is 0 Å². The number of aliphatic hydroxyl groups excluding tert-OH is 1. The highest BCUT2D eigenvalue weighted by Crippen LogP contribution is 2.40. The molecule has 4 amide bonds. The number of thiazole rings is 1. The van der Waals surface area contributed by atoms with E-state index in [0.717, 1.165) is 60.5 Å².